The van der Waals surface area contributed by atoms with Gasteiger partial charge in [-0.25, -0.2) is 9.97 Å². The van der Waals surface area contributed by atoms with Crippen LogP contribution in [0.25, 0.3) is 0 Å². The van der Waals surface area contributed by atoms with Gasteiger partial charge in [0, 0.05) is 19.6 Å². The molecule has 1 aliphatic heterocycles. The van der Waals surface area contributed by atoms with Crippen LogP contribution in [0.5, 0.6) is 0 Å². The Hall–Kier alpha value is -0.660. The molecule has 7 heteroatoms. The van der Waals surface area contributed by atoms with Gasteiger partial charge in [0.2, 0.25) is 0 Å². The summed E-state index contributed by atoms with van der Waals surface area (Å²) < 4.78 is 23.8. The van der Waals surface area contributed by atoms with Gasteiger partial charge >= 0.3 is 0 Å². The van der Waals surface area contributed by atoms with Crippen molar-refractivity contribution in [1.29, 1.82) is 0 Å². The molecule has 2 rings (SSSR count). The van der Waals surface area contributed by atoms with Crippen molar-refractivity contribution in [2.45, 2.75) is 19.5 Å². The van der Waals surface area contributed by atoms with Crippen LogP contribution in [0, 0.1) is 0 Å². The average molecular weight is 276 g/mol. The summed E-state index contributed by atoms with van der Waals surface area (Å²) in [5.41, 5.74) is 3.19. The highest BCUT2D eigenvalue weighted by Gasteiger charge is 2.23. The van der Waals surface area contributed by atoms with Crippen LogP contribution in [0.1, 0.15) is 16.7 Å². The van der Waals surface area contributed by atoms with Crippen molar-refractivity contribution in [3.63, 3.8) is 0 Å². The summed E-state index contributed by atoms with van der Waals surface area (Å²) in [7, 11) is -3.60. The van der Waals surface area contributed by atoms with Crippen molar-refractivity contribution in [3.8, 4) is 0 Å². The van der Waals surface area contributed by atoms with E-state index in [9.17, 15) is 8.42 Å². The second kappa shape index (κ2) is 4.91. The molecule has 94 valence electrons. The van der Waals surface area contributed by atoms with Crippen molar-refractivity contribution in [3.05, 3.63) is 34.9 Å². The third-order valence-electron chi connectivity index (χ3n) is 2.88. The minimum absolute atomic E-state index is 0.338. The molecule has 1 heterocycles. The molecule has 0 spiro atoms. The van der Waals surface area contributed by atoms with Gasteiger partial charge in [0.05, 0.1) is 0 Å². The summed E-state index contributed by atoms with van der Waals surface area (Å²) in [4.78, 5) is 2.55. The van der Waals surface area contributed by atoms with Crippen LogP contribution in [0.3, 0.4) is 0 Å². The predicted octanol–water partition coefficient (Wildman–Crippen LogP) is 0.492. The van der Waals surface area contributed by atoms with E-state index in [0.29, 0.717) is 26.1 Å². The molecule has 0 radical (unpaired) electrons. The van der Waals surface area contributed by atoms with Crippen LogP contribution < -0.4 is 9.97 Å². The van der Waals surface area contributed by atoms with Gasteiger partial charge < -0.3 is 0 Å². The number of nitrogens with one attached hydrogen (secondary N) is 1. The standard InChI is InChI=1S/C10H14ClN3O2S/c11-13-6-8-1-2-9-3-4-14(17(12,15)16)7-10(9)5-8/h1-2,5,13H,3-4,6-7H2,(H2,12,15,16). The summed E-state index contributed by atoms with van der Waals surface area (Å²) in [6, 6.07) is 5.96. The van der Waals surface area contributed by atoms with Gasteiger partial charge in [-0.1, -0.05) is 18.2 Å². The fourth-order valence-electron chi connectivity index (χ4n) is 1.99. The van der Waals surface area contributed by atoms with E-state index in [4.69, 9.17) is 16.9 Å². The molecule has 1 aromatic rings. The molecular weight excluding hydrogens is 262 g/mol. The number of hydrogen-bond donors (Lipinski definition) is 2. The predicted molar refractivity (Wildman–Crippen MR) is 66.4 cm³/mol. The van der Waals surface area contributed by atoms with E-state index in [1.807, 2.05) is 18.2 Å². The number of benzene rings is 1. The number of rotatable bonds is 3. The molecule has 0 amide bonds. The third-order valence-corrected chi connectivity index (χ3v) is 4.04. The van der Waals surface area contributed by atoms with Crippen molar-refractivity contribution < 1.29 is 8.42 Å². The lowest BCUT2D eigenvalue weighted by molar-refractivity contribution is 0.392. The van der Waals surface area contributed by atoms with Gasteiger partial charge in [0.25, 0.3) is 10.2 Å². The minimum Gasteiger partial charge on any atom is -0.229 e. The molecule has 0 aromatic heterocycles. The first kappa shape index (κ1) is 12.8. The number of nitrogens with zero attached hydrogens (tertiary/aromatic N) is 1. The summed E-state index contributed by atoms with van der Waals surface area (Å²) in [6.45, 7) is 1.33. The maximum Gasteiger partial charge on any atom is 0.277 e. The molecule has 0 fully saturated rings. The molecule has 3 N–H and O–H groups in total. The van der Waals surface area contributed by atoms with Crippen LogP contribution in [-0.2, 0) is 29.7 Å². The summed E-state index contributed by atoms with van der Waals surface area (Å²) >= 11 is 5.44. The Balaban J connectivity index is 2.26. The van der Waals surface area contributed by atoms with Crippen LogP contribution >= 0.6 is 11.8 Å². The van der Waals surface area contributed by atoms with E-state index in [1.165, 1.54) is 9.87 Å². The van der Waals surface area contributed by atoms with Gasteiger partial charge in [-0.2, -0.15) is 12.7 Å². The van der Waals surface area contributed by atoms with E-state index in [2.05, 4.69) is 4.84 Å². The van der Waals surface area contributed by atoms with Crippen molar-refractivity contribution >= 4 is 22.0 Å². The first-order valence-electron chi connectivity index (χ1n) is 5.23. The SMILES string of the molecule is NS(=O)(=O)N1CCc2ccc(CNCl)cc2C1. The maximum absolute atomic E-state index is 11.3. The van der Waals surface area contributed by atoms with E-state index in [-0.39, 0.29) is 0 Å². The van der Waals surface area contributed by atoms with Gasteiger partial charge in [-0.15, -0.1) is 0 Å². The summed E-state index contributed by atoms with van der Waals surface area (Å²) in [5, 5.41) is 5.13. The lowest BCUT2D eigenvalue weighted by Crippen LogP contribution is -2.40. The van der Waals surface area contributed by atoms with Crippen molar-refractivity contribution in [2.24, 2.45) is 5.14 Å². The Morgan fingerprint density at radius 1 is 1.41 bits per heavy atom. The second-order valence-electron chi connectivity index (χ2n) is 4.04. The highest BCUT2D eigenvalue weighted by atomic mass is 35.5. The monoisotopic (exact) mass is 275 g/mol. The number of fused-ring (bicyclic) bond motifs is 1. The number of nitrogens with two attached hydrogens (primary N) is 1. The first-order chi connectivity index (χ1) is 8.00. The Labute approximate surface area is 106 Å². The second-order valence-corrected chi connectivity index (χ2v) is 5.86. The van der Waals surface area contributed by atoms with E-state index in [0.717, 1.165) is 11.1 Å². The first-order valence-corrected chi connectivity index (χ1v) is 7.11. The van der Waals surface area contributed by atoms with E-state index < -0.39 is 10.2 Å². The van der Waals surface area contributed by atoms with Crippen LogP contribution in [0.4, 0.5) is 0 Å². The fourth-order valence-corrected chi connectivity index (χ4v) is 2.81. The quantitative estimate of drug-likeness (QED) is 0.789. The summed E-state index contributed by atoms with van der Waals surface area (Å²) in [6.07, 6.45) is 0.695. The smallest absolute Gasteiger partial charge is 0.229 e. The van der Waals surface area contributed by atoms with Crippen molar-refractivity contribution in [2.75, 3.05) is 6.54 Å². The molecular formula is C10H14ClN3O2S. The van der Waals surface area contributed by atoms with Gasteiger partial charge in [-0.3, -0.25) is 0 Å². The van der Waals surface area contributed by atoms with Crippen LogP contribution in [0.15, 0.2) is 18.2 Å². The van der Waals surface area contributed by atoms with Gasteiger partial charge in [0.15, 0.2) is 0 Å². The van der Waals surface area contributed by atoms with E-state index >= 15 is 0 Å². The number of halogens is 1. The largest absolute Gasteiger partial charge is 0.277 e. The van der Waals surface area contributed by atoms with Crippen LogP contribution in [0.2, 0.25) is 0 Å². The van der Waals surface area contributed by atoms with Crippen molar-refractivity contribution in [1.82, 2.24) is 9.14 Å². The maximum atomic E-state index is 11.3. The highest BCUT2D eigenvalue weighted by molar-refractivity contribution is 7.86. The average Bonchev–Trinajstić information content (AvgIpc) is 2.27. The molecule has 17 heavy (non-hydrogen) atoms. The zero-order chi connectivity index (χ0) is 12.5. The molecule has 1 aliphatic rings. The van der Waals surface area contributed by atoms with Gasteiger partial charge in [0.1, 0.15) is 0 Å². The molecule has 0 saturated carbocycles. The lowest BCUT2D eigenvalue weighted by Gasteiger charge is -2.26. The minimum atomic E-state index is -3.60. The van der Waals surface area contributed by atoms with Crippen LogP contribution in [-0.4, -0.2) is 19.3 Å². The molecule has 0 saturated heterocycles. The molecule has 0 unspecified atom stereocenters. The fraction of sp³-hybridized carbons (Fsp3) is 0.400. The van der Waals surface area contributed by atoms with Gasteiger partial charge in [-0.05, 0) is 34.9 Å². The molecule has 0 aliphatic carbocycles. The molecule has 0 atom stereocenters. The molecule has 5 nitrogen and oxygen atoms in total. The summed E-state index contributed by atoms with van der Waals surface area (Å²) in [5.74, 6) is 0. The lowest BCUT2D eigenvalue weighted by atomic mass is 9.99. The molecule has 0 bridgehead atoms. The zero-order valence-corrected chi connectivity index (χ0v) is 10.8. The van der Waals surface area contributed by atoms with E-state index in [1.54, 1.807) is 0 Å². The topological polar surface area (TPSA) is 75.4 Å². The Kier molecular flexibility index (Phi) is 3.70. The molecule has 1 aromatic carbocycles. The Morgan fingerprint density at radius 2 is 2.18 bits per heavy atom. The number of hydrogen-bond acceptors (Lipinski definition) is 3. The highest BCUT2D eigenvalue weighted by Crippen LogP contribution is 2.21. The third kappa shape index (κ3) is 2.97. The normalized spacial score (nSPS) is 16.8. The zero-order valence-electron chi connectivity index (χ0n) is 9.19. The Bertz CT molecular complexity index is 518. The Morgan fingerprint density at radius 3 is 2.82 bits per heavy atom.